The Hall–Kier alpha value is -2.23. The van der Waals surface area contributed by atoms with Crippen molar-refractivity contribution in [2.75, 3.05) is 0 Å². The van der Waals surface area contributed by atoms with Crippen LogP contribution in [-0.4, -0.2) is 21.6 Å². The fourth-order valence-electron chi connectivity index (χ4n) is 2.02. The monoisotopic (exact) mass is 232 g/mol. The third-order valence-corrected chi connectivity index (χ3v) is 2.89. The van der Waals surface area contributed by atoms with Crippen molar-refractivity contribution in [1.82, 2.24) is 0 Å². The van der Waals surface area contributed by atoms with Gasteiger partial charge in [-0.3, -0.25) is 4.79 Å². The van der Waals surface area contributed by atoms with Crippen LogP contribution in [-0.2, 0) is 0 Å². The molecule has 0 aromatic heterocycles. The highest BCUT2D eigenvalue weighted by atomic mass is 16.3. The molecule has 0 fully saturated rings. The quantitative estimate of drug-likeness (QED) is 0.521. The first-order valence-electron chi connectivity index (χ1n) is 5.10. The maximum absolute atomic E-state index is 11.0. The van der Waals surface area contributed by atoms with E-state index in [0.29, 0.717) is 17.4 Å². The summed E-state index contributed by atoms with van der Waals surface area (Å²) in [5.74, 6) is -0.408. The van der Waals surface area contributed by atoms with E-state index in [0.717, 1.165) is 0 Å². The number of carbonyl (C=O) groups is 1. The van der Waals surface area contributed by atoms with Gasteiger partial charge < -0.3 is 15.3 Å². The lowest BCUT2D eigenvalue weighted by Crippen LogP contribution is -1.92. The van der Waals surface area contributed by atoms with Crippen LogP contribution in [0.5, 0.6) is 17.2 Å². The van der Waals surface area contributed by atoms with Gasteiger partial charge in [0.1, 0.15) is 17.2 Å². The molecule has 0 heterocycles. The van der Waals surface area contributed by atoms with E-state index in [1.807, 2.05) is 0 Å². The molecule has 0 amide bonds. The number of fused-ring (bicyclic) bond motifs is 1. The van der Waals surface area contributed by atoms with E-state index in [-0.39, 0.29) is 33.6 Å². The first-order chi connectivity index (χ1) is 7.97. The topological polar surface area (TPSA) is 77.8 Å². The molecule has 0 aliphatic rings. The highest BCUT2D eigenvalue weighted by Gasteiger charge is 2.17. The van der Waals surface area contributed by atoms with Gasteiger partial charge in [-0.15, -0.1) is 0 Å². The van der Waals surface area contributed by atoms with E-state index in [2.05, 4.69) is 0 Å². The van der Waals surface area contributed by atoms with Gasteiger partial charge in [0.2, 0.25) is 0 Å². The first-order valence-corrected chi connectivity index (χ1v) is 5.10. The maximum Gasteiger partial charge on any atom is 0.151 e. The predicted molar refractivity (Wildman–Crippen MR) is 63.8 cm³/mol. The molecule has 17 heavy (non-hydrogen) atoms. The predicted octanol–water partition coefficient (Wildman–Crippen LogP) is 2.39. The van der Waals surface area contributed by atoms with E-state index in [9.17, 15) is 20.1 Å². The van der Waals surface area contributed by atoms with E-state index < -0.39 is 0 Å². The Morgan fingerprint density at radius 2 is 1.47 bits per heavy atom. The fraction of sp³-hybridized carbons (Fsp3) is 0.154. The van der Waals surface area contributed by atoms with Crippen LogP contribution in [0, 0.1) is 13.8 Å². The van der Waals surface area contributed by atoms with Crippen LogP contribution in [0.3, 0.4) is 0 Å². The normalized spacial score (nSPS) is 10.7. The molecule has 0 unspecified atom stereocenters. The molecule has 0 aliphatic heterocycles. The van der Waals surface area contributed by atoms with Crippen molar-refractivity contribution < 1.29 is 20.1 Å². The molecule has 0 saturated carbocycles. The molecule has 2 aromatic rings. The Morgan fingerprint density at radius 3 is 2.06 bits per heavy atom. The summed E-state index contributed by atoms with van der Waals surface area (Å²) in [6.07, 6.45) is 0.603. The van der Waals surface area contributed by atoms with Crippen molar-refractivity contribution in [2.45, 2.75) is 13.8 Å². The fourth-order valence-corrected chi connectivity index (χ4v) is 2.02. The lowest BCUT2D eigenvalue weighted by atomic mass is 9.96. The van der Waals surface area contributed by atoms with Crippen LogP contribution >= 0.6 is 0 Å². The molecule has 0 spiro atoms. The van der Waals surface area contributed by atoms with Gasteiger partial charge in [-0.25, -0.2) is 0 Å². The van der Waals surface area contributed by atoms with E-state index >= 15 is 0 Å². The summed E-state index contributed by atoms with van der Waals surface area (Å²) in [6.45, 7) is 3.26. The summed E-state index contributed by atoms with van der Waals surface area (Å²) in [7, 11) is 0. The molecule has 4 nitrogen and oxygen atoms in total. The van der Waals surface area contributed by atoms with Gasteiger partial charge in [0.05, 0.1) is 5.39 Å². The largest absolute Gasteiger partial charge is 0.507 e. The van der Waals surface area contributed by atoms with Crippen LogP contribution in [0.4, 0.5) is 0 Å². The second-order valence-corrected chi connectivity index (χ2v) is 4.06. The number of phenols is 3. The number of aromatic hydroxyl groups is 3. The number of aryl methyl sites for hydroxylation is 2. The third kappa shape index (κ3) is 1.49. The average Bonchev–Trinajstić information content (AvgIpc) is 2.25. The standard InChI is InChI=1S/C13H12O4/c1-6-3-10(16)12-11(8(6)5-14)9(15)4-7(2)13(12)17/h3-5,15-17H,1-2H3. The number of benzene rings is 2. The third-order valence-electron chi connectivity index (χ3n) is 2.89. The van der Waals surface area contributed by atoms with E-state index in [1.165, 1.54) is 12.1 Å². The number of rotatable bonds is 1. The van der Waals surface area contributed by atoms with Crippen molar-refractivity contribution in [3.05, 3.63) is 28.8 Å². The summed E-state index contributed by atoms with van der Waals surface area (Å²) in [6, 6.07) is 2.76. The molecule has 0 atom stereocenters. The molecule has 2 rings (SSSR count). The highest BCUT2D eigenvalue weighted by Crippen LogP contribution is 2.42. The maximum atomic E-state index is 11.0. The van der Waals surface area contributed by atoms with Gasteiger partial charge >= 0.3 is 0 Å². The van der Waals surface area contributed by atoms with Gasteiger partial charge in [-0.2, -0.15) is 0 Å². The molecule has 4 heteroatoms. The minimum absolute atomic E-state index is 0.107. The summed E-state index contributed by atoms with van der Waals surface area (Å²) in [4.78, 5) is 11.0. The summed E-state index contributed by atoms with van der Waals surface area (Å²) >= 11 is 0. The Balaban J connectivity index is 3.13. The average molecular weight is 232 g/mol. The van der Waals surface area contributed by atoms with Crippen LogP contribution in [0.15, 0.2) is 12.1 Å². The highest BCUT2D eigenvalue weighted by molar-refractivity contribution is 6.08. The number of aldehydes is 1. The summed E-state index contributed by atoms with van der Waals surface area (Å²) < 4.78 is 0. The lowest BCUT2D eigenvalue weighted by Gasteiger charge is -2.12. The first kappa shape index (κ1) is 11.3. The molecule has 0 aliphatic carbocycles. The zero-order valence-electron chi connectivity index (χ0n) is 9.48. The zero-order valence-corrected chi connectivity index (χ0v) is 9.48. The van der Waals surface area contributed by atoms with Crippen molar-refractivity contribution in [2.24, 2.45) is 0 Å². The van der Waals surface area contributed by atoms with Crippen LogP contribution < -0.4 is 0 Å². The summed E-state index contributed by atoms with van der Waals surface area (Å²) in [5.41, 5.74) is 1.25. The van der Waals surface area contributed by atoms with Gasteiger partial charge in [0.15, 0.2) is 6.29 Å². The number of carbonyl (C=O) groups excluding carboxylic acids is 1. The minimum atomic E-state index is -0.153. The Bertz CT molecular complexity index is 629. The van der Waals surface area contributed by atoms with Crippen LogP contribution in [0.2, 0.25) is 0 Å². The molecule has 3 N–H and O–H groups in total. The Morgan fingerprint density at radius 1 is 0.941 bits per heavy atom. The van der Waals surface area contributed by atoms with Crippen molar-refractivity contribution in [1.29, 1.82) is 0 Å². The van der Waals surface area contributed by atoms with Gasteiger partial charge in [-0.1, -0.05) is 0 Å². The van der Waals surface area contributed by atoms with Gasteiger partial charge in [-0.05, 0) is 37.1 Å². The molecule has 0 bridgehead atoms. The van der Waals surface area contributed by atoms with Crippen LogP contribution in [0.25, 0.3) is 10.8 Å². The van der Waals surface area contributed by atoms with Crippen LogP contribution in [0.1, 0.15) is 21.5 Å². The lowest BCUT2D eigenvalue weighted by molar-refractivity contribution is 0.112. The Kier molecular flexibility index (Phi) is 2.42. The number of hydrogen-bond acceptors (Lipinski definition) is 4. The SMILES string of the molecule is Cc1cc(O)c2c(C=O)c(C)cc(O)c2c1O. The Labute approximate surface area is 97.8 Å². The second-order valence-electron chi connectivity index (χ2n) is 4.06. The van der Waals surface area contributed by atoms with Crippen molar-refractivity contribution in [3.63, 3.8) is 0 Å². The van der Waals surface area contributed by atoms with E-state index in [1.54, 1.807) is 13.8 Å². The smallest absolute Gasteiger partial charge is 0.151 e. The minimum Gasteiger partial charge on any atom is -0.507 e. The van der Waals surface area contributed by atoms with Gasteiger partial charge in [0, 0.05) is 10.9 Å². The molecule has 88 valence electrons. The van der Waals surface area contributed by atoms with E-state index in [4.69, 9.17) is 0 Å². The van der Waals surface area contributed by atoms with Gasteiger partial charge in [0.25, 0.3) is 0 Å². The number of hydrogen-bond donors (Lipinski definition) is 3. The molecule has 2 aromatic carbocycles. The number of phenolic OH excluding ortho intramolecular Hbond substituents is 3. The van der Waals surface area contributed by atoms with Crippen molar-refractivity contribution in [3.8, 4) is 17.2 Å². The molecular weight excluding hydrogens is 220 g/mol. The summed E-state index contributed by atoms with van der Waals surface area (Å²) in [5, 5.41) is 29.8. The zero-order chi connectivity index (χ0) is 12.7. The second kappa shape index (κ2) is 3.66. The molecule has 0 radical (unpaired) electrons. The molecular formula is C13H12O4. The molecule has 0 saturated heterocycles. The van der Waals surface area contributed by atoms with Crippen molar-refractivity contribution >= 4 is 17.1 Å².